The van der Waals surface area contributed by atoms with Crippen LogP contribution in [0.2, 0.25) is 0 Å². The number of hydrogen-bond donors (Lipinski definition) is 2. The van der Waals surface area contributed by atoms with Crippen LogP contribution in [-0.4, -0.2) is 26.0 Å². The van der Waals surface area contributed by atoms with Crippen LogP contribution in [0.25, 0.3) is 32.8 Å². The van der Waals surface area contributed by atoms with Crippen LogP contribution in [0.4, 0.5) is 5.69 Å². The van der Waals surface area contributed by atoms with Crippen molar-refractivity contribution in [3.8, 4) is 0 Å². The fraction of sp³-hybridized carbons (Fsp3) is 0.296. The van der Waals surface area contributed by atoms with Crippen molar-refractivity contribution in [2.24, 2.45) is 5.41 Å². The van der Waals surface area contributed by atoms with Crippen LogP contribution >= 0.6 is 0 Å². The molecular formula is C27H27N5. The number of nitrogens with one attached hydrogen (secondary N) is 2. The Labute approximate surface area is 187 Å². The smallest absolute Gasteiger partial charge is 0.117 e. The quantitative estimate of drug-likeness (QED) is 0.333. The van der Waals surface area contributed by atoms with E-state index in [1.54, 1.807) is 0 Å². The summed E-state index contributed by atoms with van der Waals surface area (Å²) in [7, 11) is 0. The predicted molar refractivity (Wildman–Crippen MR) is 131 cm³/mol. The highest BCUT2D eigenvalue weighted by Crippen LogP contribution is 2.48. The summed E-state index contributed by atoms with van der Waals surface area (Å²) < 4.78 is 0. The molecule has 2 unspecified atom stereocenters. The molecule has 2 atom stereocenters. The molecule has 5 nitrogen and oxygen atoms in total. The number of nitrogens with zero attached hydrogens (tertiary/aromatic N) is 3. The number of aromatic amines is 1. The maximum Gasteiger partial charge on any atom is 0.117 e. The fourth-order valence-electron chi connectivity index (χ4n) is 5.30. The predicted octanol–water partition coefficient (Wildman–Crippen LogP) is 6.19. The van der Waals surface area contributed by atoms with Gasteiger partial charge in [-0.1, -0.05) is 45.9 Å². The van der Waals surface area contributed by atoms with Crippen LogP contribution < -0.4 is 5.32 Å². The molecule has 32 heavy (non-hydrogen) atoms. The molecule has 0 saturated carbocycles. The van der Waals surface area contributed by atoms with Gasteiger partial charge in [0.1, 0.15) is 5.82 Å². The van der Waals surface area contributed by atoms with Gasteiger partial charge >= 0.3 is 0 Å². The Morgan fingerprint density at radius 3 is 2.31 bits per heavy atom. The van der Waals surface area contributed by atoms with Gasteiger partial charge in [0, 0.05) is 34.9 Å². The molecule has 2 N–H and O–H groups in total. The molecule has 0 saturated heterocycles. The van der Waals surface area contributed by atoms with Crippen LogP contribution in [0.15, 0.2) is 54.9 Å². The van der Waals surface area contributed by atoms with Crippen LogP contribution in [-0.2, 0) is 6.42 Å². The van der Waals surface area contributed by atoms with Gasteiger partial charge in [0.25, 0.3) is 0 Å². The third-order valence-corrected chi connectivity index (χ3v) is 6.85. The van der Waals surface area contributed by atoms with Crippen molar-refractivity contribution in [1.82, 2.24) is 19.9 Å². The molecule has 6 rings (SSSR count). The molecule has 0 amide bonds. The van der Waals surface area contributed by atoms with Crippen molar-refractivity contribution < 1.29 is 0 Å². The molecule has 4 heterocycles. The van der Waals surface area contributed by atoms with Gasteiger partial charge in [-0.25, -0.2) is 4.98 Å². The summed E-state index contributed by atoms with van der Waals surface area (Å²) in [6.07, 6.45) is 4.67. The maximum absolute atomic E-state index is 5.23. The summed E-state index contributed by atoms with van der Waals surface area (Å²) in [4.78, 5) is 18.3. The number of aryl methyl sites for hydroxylation is 1. The Kier molecular flexibility index (Phi) is 4.06. The summed E-state index contributed by atoms with van der Waals surface area (Å²) in [5.41, 5.74) is 7.84. The van der Waals surface area contributed by atoms with Gasteiger partial charge in [-0.05, 0) is 47.2 Å². The number of anilines is 1. The van der Waals surface area contributed by atoms with E-state index in [2.05, 4.69) is 78.3 Å². The molecule has 1 aliphatic rings. The number of para-hydroxylation sites is 1. The van der Waals surface area contributed by atoms with Crippen molar-refractivity contribution in [3.63, 3.8) is 0 Å². The standard InChI is InChI=1S/C27H27N5/c1-5-15-9-6-10-16-19(25(27(2,3)4)30-20(15)16)26-31-23-17-11-7-13-28-21(17)22-18(24(23)32-26)12-8-14-29-22/h6-14,19,25,30H,5H2,1-4H3,(H,31,32). The van der Waals surface area contributed by atoms with Crippen molar-refractivity contribution in [2.45, 2.75) is 46.1 Å². The van der Waals surface area contributed by atoms with Gasteiger partial charge < -0.3 is 10.3 Å². The van der Waals surface area contributed by atoms with Gasteiger partial charge in [-0.3, -0.25) is 9.97 Å². The summed E-state index contributed by atoms with van der Waals surface area (Å²) in [5.74, 6) is 1.14. The van der Waals surface area contributed by atoms with Gasteiger partial charge in [0.2, 0.25) is 0 Å². The van der Waals surface area contributed by atoms with Crippen molar-refractivity contribution in [3.05, 3.63) is 71.8 Å². The molecular weight excluding hydrogens is 394 g/mol. The minimum atomic E-state index is 0.0565. The van der Waals surface area contributed by atoms with E-state index < -0.39 is 0 Å². The van der Waals surface area contributed by atoms with E-state index in [0.717, 1.165) is 45.1 Å². The average Bonchev–Trinajstić information content (AvgIpc) is 3.41. The number of H-pyrrole nitrogens is 1. The van der Waals surface area contributed by atoms with E-state index >= 15 is 0 Å². The lowest BCUT2D eigenvalue weighted by Crippen LogP contribution is -2.36. The van der Waals surface area contributed by atoms with E-state index in [4.69, 9.17) is 4.98 Å². The Morgan fingerprint density at radius 2 is 1.59 bits per heavy atom. The largest absolute Gasteiger partial charge is 0.380 e. The third-order valence-electron chi connectivity index (χ3n) is 6.85. The molecule has 0 aliphatic carbocycles. The van der Waals surface area contributed by atoms with Crippen LogP contribution in [0.3, 0.4) is 0 Å². The molecule has 1 aliphatic heterocycles. The highest BCUT2D eigenvalue weighted by Gasteiger charge is 2.42. The zero-order chi connectivity index (χ0) is 22.0. The molecule has 160 valence electrons. The first-order valence-corrected chi connectivity index (χ1v) is 11.4. The van der Waals surface area contributed by atoms with Crippen LogP contribution in [0.1, 0.15) is 50.6 Å². The number of imidazole rings is 1. The zero-order valence-corrected chi connectivity index (χ0v) is 18.9. The Balaban J connectivity index is 1.66. The van der Waals surface area contributed by atoms with E-state index in [0.29, 0.717) is 0 Å². The molecule has 0 radical (unpaired) electrons. The third kappa shape index (κ3) is 2.67. The second kappa shape index (κ2) is 6.76. The lowest BCUT2D eigenvalue weighted by molar-refractivity contribution is 0.323. The van der Waals surface area contributed by atoms with Gasteiger partial charge in [-0.15, -0.1) is 0 Å². The Morgan fingerprint density at radius 1 is 0.875 bits per heavy atom. The monoisotopic (exact) mass is 421 g/mol. The van der Waals surface area contributed by atoms with E-state index in [-0.39, 0.29) is 17.4 Å². The summed E-state index contributed by atoms with van der Waals surface area (Å²) in [6.45, 7) is 9.12. The highest BCUT2D eigenvalue weighted by atomic mass is 15.0. The first-order valence-electron chi connectivity index (χ1n) is 11.4. The molecule has 0 fully saturated rings. The number of fused-ring (bicyclic) bond motifs is 7. The normalized spacial score (nSPS) is 18.4. The number of benzene rings is 2. The topological polar surface area (TPSA) is 66.5 Å². The number of pyridine rings is 2. The van der Waals surface area contributed by atoms with Gasteiger partial charge in [-0.2, -0.15) is 0 Å². The first-order chi connectivity index (χ1) is 15.5. The fourth-order valence-corrected chi connectivity index (χ4v) is 5.30. The lowest BCUT2D eigenvalue weighted by Gasteiger charge is -2.32. The SMILES string of the molecule is CCc1cccc2c1NC(C(C)(C)C)C2c1nc2c3cccnc3c3ncccc3c2[nH]1. The van der Waals surface area contributed by atoms with Crippen LogP contribution in [0.5, 0.6) is 0 Å². The van der Waals surface area contributed by atoms with Gasteiger partial charge in [0.05, 0.1) is 28.0 Å². The molecule has 0 spiro atoms. The maximum atomic E-state index is 5.23. The minimum absolute atomic E-state index is 0.0565. The molecule has 5 heteroatoms. The molecule has 3 aromatic heterocycles. The number of hydrogen-bond acceptors (Lipinski definition) is 4. The Bertz CT molecular complexity index is 1420. The second-order valence-electron chi connectivity index (χ2n) is 9.85. The van der Waals surface area contributed by atoms with E-state index in [1.807, 2.05) is 24.5 Å². The lowest BCUT2D eigenvalue weighted by atomic mass is 9.78. The summed E-state index contributed by atoms with van der Waals surface area (Å²) in [6, 6.07) is 15.1. The summed E-state index contributed by atoms with van der Waals surface area (Å²) in [5, 5.41) is 5.98. The average molecular weight is 422 g/mol. The van der Waals surface area contributed by atoms with E-state index in [1.165, 1.54) is 16.8 Å². The molecule has 2 aromatic carbocycles. The number of aromatic nitrogens is 4. The van der Waals surface area contributed by atoms with Crippen molar-refractivity contribution >= 4 is 38.5 Å². The minimum Gasteiger partial charge on any atom is -0.380 e. The van der Waals surface area contributed by atoms with Crippen molar-refractivity contribution in [2.75, 3.05) is 5.32 Å². The molecule has 5 aromatic rings. The Hall–Kier alpha value is -3.47. The van der Waals surface area contributed by atoms with Crippen LogP contribution in [0, 0.1) is 5.41 Å². The van der Waals surface area contributed by atoms with Gasteiger partial charge in [0.15, 0.2) is 0 Å². The number of rotatable bonds is 2. The van der Waals surface area contributed by atoms with E-state index in [9.17, 15) is 0 Å². The first kappa shape index (κ1) is 19.2. The van der Waals surface area contributed by atoms with Crippen molar-refractivity contribution in [1.29, 1.82) is 0 Å². The summed E-state index contributed by atoms with van der Waals surface area (Å²) >= 11 is 0. The highest BCUT2D eigenvalue weighted by molar-refractivity contribution is 6.20. The second-order valence-corrected chi connectivity index (χ2v) is 9.85. The zero-order valence-electron chi connectivity index (χ0n) is 18.9. The molecule has 0 bridgehead atoms.